The van der Waals surface area contributed by atoms with Crippen molar-refractivity contribution in [3.05, 3.63) is 63.6 Å². The maximum absolute atomic E-state index is 11.9. The van der Waals surface area contributed by atoms with E-state index in [1.807, 2.05) is 19.1 Å². The first-order chi connectivity index (χ1) is 10.1. The molecule has 21 heavy (non-hydrogen) atoms. The minimum atomic E-state index is -0.172. The van der Waals surface area contributed by atoms with Crippen LogP contribution in [0.2, 0.25) is 10.0 Å². The molecule has 0 atom stereocenters. The molecule has 0 fully saturated rings. The molecule has 110 valence electrons. The van der Waals surface area contributed by atoms with Gasteiger partial charge >= 0.3 is 0 Å². The topological polar surface area (TPSA) is 38.3 Å². The monoisotopic (exact) mass is 323 g/mol. The summed E-state index contributed by atoms with van der Waals surface area (Å²) >= 11 is 11.7. The molecule has 0 radical (unpaired) electrons. The van der Waals surface area contributed by atoms with Crippen LogP contribution in [0, 0.1) is 6.92 Å². The number of halogens is 2. The zero-order valence-corrected chi connectivity index (χ0v) is 13.0. The highest BCUT2D eigenvalue weighted by molar-refractivity contribution is 6.31. The summed E-state index contributed by atoms with van der Waals surface area (Å²) in [6.45, 7) is 2.72. The number of ether oxygens (including phenoxy) is 1. The third kappa shape index (κ3) is 4.66. The van der Waals surface area contributed by atoms with Crippen LogP contribution >= 0.6 is 23.2 Å². The lowest BCUT2D eigenvalue weighted by atomic mass is 10.2. The largest absolute Gasteiger partial charge is 0.491 e. The van der Waals surface area contributed by atoms with E-state index in [2.05, 4.69) is 5.32 Å². The fraction of sp³-hybridized carbons (Fsp3) is 0.188. The van der Waals surface area contributed by atoms with Crippen molar-refractivity contribution in [3.8, 4) is 5.75 Å². The first-order valence-electron chi connectivity index (χ1n) is 6.49. The number of amides is 1. The Kier molecular flexibility index (Phi) is 5.48. The summed E-state index contributed by atoms with van der Waals surface area (Å²) in [6.07, 6.45) is 0. The Labute approximate surface area is 133 Å². The van der Waals surface area contributed by atoms with Crippen molar-refractivity contribution in [2.24, 2.45) is 0 Å². The second-order valence-electron chi connectivity index (χ2n) is 4.52. The zero-order chi connectivity index (χ0) is 15.2. The van der Waals surface area contributed by atoms with Crippen molar-refractivity contribution >= 4 is 29.1 Å². The molecule has 2 aromatic rings. The molecule has 1 N–H and O–H groups in total. The number of hydrogen-bond acceptors (Lipinski definition) is 2. The normalized spacial score (nSPS) is 10.2. The first-order valence-corrected chi connectivity index (χ1v) is 7.24. The van der Waals surface area contributed by atoms with E-state index in [1.165, 1.54) is 0 Å². The Morgan fingerprint density at radius 2 is 1.90 bits per heavy atom. The van der Waals surface area contributed by atoms with E-state index in [0.717, 1.165) is 11.3 Å². The van der Waals surface area contributed by atoms with Gasteiger partial charge in [0.25, 0.3) is 5.91 Å². The van der Waals surface area contributed by atoms with E-state index in [1.54, 1.807) is 30.3 Å². The summed E-state index contributed by atoms with van der Waals surface area (Å²) in [7, 11) is 0. The molecule has 1 amide bonds. The van der Waals surface area contributed by atoms with Crippen molar-refractivity contribution in [2.45, 2.75) is 6.92 Å². The predicted octanol–water partition coefficient (Wildman–Crippen LogP) is 4.11. The van der Waals surface area contributed by atoms with Crippen LogP contribution in [0.15, 0.2) is 42.5 Å². The highest BCUT2D eigenvalue weighted by atomic mass is 35.5. The third-order valence-electron chi connectivity index (χ3n) is 2.87. The van der Waals surface area contributed by atoms with Gasteiger partial charge in [0.15, 0.2) is 0 Å². The van der Waals surface area contributed by atoms with Gasteiger partial charge in [-0.1, -0.05) is 29.3 Å². The molecule has 0 aromatic heterocycles. The van der Waals surface area contributed by atoms with Gasteiger partial charge < -0.3 is 10.1 Å². The van der Waals surface area contributed by atoms with Crippen LogP contribution in [0.1, 0.15) is 15.9 Å². The van der Waals surface area contributed by atoms with Gasteiger partial charge in [-0.25, -0.2) is 0 Å². The Morgan fingerprint density at radius 1 is 1.14 bits per heavy atom. The number of carbonyl (C=O) groups excluding carboxylic acids is 1. The van der Waals surface area contributed by atoms with Crippen LogP contribution in [0.5, 0.6) is 5.75 Å². The summed E-state index contributed by atoms with van der Waals surface area (Å²) in [6, 6.07) is 12.2. The molecule has 0 aliphatic carbocycles. The highest BCUT2D eigenvalue weighted by Crippen LogP contribution is 2.21. The maximum atomic E-state index is 11.9. The number of hydrogen-bond donors (Lipinski definition) is 1. The molecule has 0 unspecified atom stereocenters. The Bertz CT molecular complexity index is 644. The van der Waals surface area contributed by atoms with Crippen LogP contribution in [0.25, 0.3) is 0 Å². The predicted molar refractivity (Wildman–Crippen MR) is 85.5 cm³/mol. The van der Waals surface area contributed by atoms with E-state index in [4.69, 9.17) is 27.9 Å². The number of aryl methyl sites for hydroxylation is 1. The molecule has 0 bridgehead atoms. The van der Waals surface area contributed by atoms with Crippen LogP contribution in [-0.2, 0) is 0 Å². The third-order valence-corrected chi connectivity index (χ3v) is 3.34. The SMILES string of the molecule is Cc1cc(Cl)ccc1OCCNC(=O)c1cccc(Cl)c1. The second kappa shape index (κ2) is 7.34. The second-order valence-corrected chi connectivity index (χ2v) is 5.40. The van der Waals surface area contributed by atoms with Crippen molar-refractivity contribution < 1.29 is 9.53 Å². The molecule has 0 spiro atoms. The lowest BCUT2D eigenvalue weighted by molar-refractivity contribution is 0.0947. The molecule has 5 heteroatoms. The fourth-order valence-corrected chi connectivity index (χ4v) is 2.25. The smallest absolute Gasteiger partial charge is 0.251 e. The van der Waals surface area contributed by atoms with Gasteiger partial charge in [-0.3, -0.25) is 4.79 Å². The fourth-order valence-electron chi connectivity index (χ4n) is 1.83. The van der Waals surface area contributed by atoms with Crippen LogP contribution in [-0.4, -0.2) is 19.1 Å². The van der Waals surface area contributed by atoms with E-state index in [-0.39, 0.29) is 5.91 Å². The summed E-state index contributed by atoms with van der Waals surface area (Å²) in [5.74, 6) is 0.588. The lowest BCUT2D eigenvalue weighted by Gasteiger charge is -2.10. The highest BCUT2D eigenvalue weighted by Gasteiger charge is 2.05. The number of carbonyl (C=O) groups is 1. The minimum Gasteiger partial charge on any atom is -0.491 e. The molecule has 2 aromatic carbocycles. The van der Waals surface area contributed by atoms with Crippen molar-refractivity contribution in [3.63, 3.8) is 0 Å². The number of rotatable bonds is 5. The van der Waals surface area contributed by atoms with Gasteiger partial charge in [-0.05, 0) is 48.9 Å². The summed E-state index contributed by atoms with van der Waals surface area (Å²) in [5.41, 5.74) is 1.49. The van der Waals surface area contributed by atoms with Gasteiger partial charge in [0.2, 0.25) is 0 Å². The standard InChI is InChI=1S/C16H15Cl2NO2/c1-11-9-14(18)5-6-15(11)21-8-7-19-16(20)12-3-2-4-13(17)10-12/h2-6,9-10H,7-8H2,1H3,(H,19,20). The van der Waals surface area contributed by atoms with E-state index in [9.17, 15) is 4.79 Å². The molecule has 0 aliphatic rings. The minimum absolute atomic E-state index is 0.172. The number of benzene rings is 2. The molecule has 0 heterocycles. The summed E-state index contributed by atoms with van der Waals surface area (Å²) in [5, 5.41) is 3.99. The average Bonchev–Trinajstić information content (AvgIpc) is 2.45. The molecular formula is C16H15Cl2NO2. The van der Waals surface area contributed by atoms with Gasteiger partial charge in [-0.15, -0.1) is 0 Å². The van der Waals surface area contributed by atoms with Gasteiger partial charge in [0.05, 0.1) is 6.54 Å². The Morgan fingerprint density at radius 3 is 2.62 bits per heavy atom. The average molecular weight is 324 g/mol. The molecule has 3 nitrogen and oxygen atoms in total. The van der Waals surface area contributed by atoms with Crippen LogP contribution in [0.4, 0.5) is 0 Å². The van der Waals surface area contributed by atoms with E-state index >= 15 is 0 Å². The van der Waals surface area contributed by atoms with Gasteiger partial charge in [0, 0.05) is 15.6 Å². The zero-order valence-electron chi connectivity index (χ0n) is 11.5. The van der Waals surface area contributed by atoms with Gasteiger partial charge in [0.1, 0.15) is 12.4 Å². The molecule has 0 saturated carbocycles. The van der Waals surface area contributed by atoms with Crippen molar-refractivity contribution in [1.29, 1.82) is 0 Å². The molecule has 2 rings (SSSR count). The van der Waals surface area contributed by atoms with Crippen molar-refractivity contribution in [2.75, 3.05) is 13.2 Å². The Balaban J connectivity index is 1.80. The summed E-state index contributed by atoms with van der Waals surface area (Å²) in [4.78, 5) is 11.9. The van der Waals surface area contributed by atoms with Crippen molar-refractivity contribution in [1.82, 2.24) is 5.32 Å². The lowest BCUT2D eigenvalue weighted by Crippen LogP contribution is -2.28. The Hall–Kier alpha value is -1.71. The molecule has 0 aliphatic heterocycles. The van der Waals surface area contributed by atoms with Crippen LogP contribution in [0.3, 0.4) is 0 Å². The van der Waals surface area contributed by atoms with E-state index < -0.39 is 0 Å². The van der Waals surface area contributed by atoms with Crippen LogP contribution < -0.4 is 10.1 Å². The first kappa shape index (κ1) is 15.7. The molecule has 0 saturated heterocycles. The number of nitrogens with one attached hydrogen (secondary N) is 1. The van der Waals surface area contributed by atoms with Gasteiger partial charge in [-0.2, -0.15) is 0 Å². The maximum Gasteiger partial charge on any atom is 0.251 e. The van der Waals surface area contributed by atoms with E-state index in [0.29, 0.717) is 28.8 Å². The molecular weight excluding hydrogens is 309 g/mol. The quantitative estimate of drug-likeness (QED) is 0.841. The summed E-state index contributed by atoms with van der Waals surface area (Å²) < 4.78 is 5.60.